The van der Waals surface area contributed by atoms with E-state index in [9.17, 15) is 0 Å². The van der Waals surface area contributed by atoms with Gasteiger partial charge >= 0.3 is 228 Å². The van der Waals surface area contributed by atoms with Gasteiger partial charge in [0.1, 0.15) is 0 Å². The molecule has 0 saturated carbocycles. The van der Waals surface area contributed by atoms with Gasteiger partial charge in [-0.1, -0.05) is 0 Å². The number of ether oxygens (including phenoxy) is 2. The van der Waals surface area contributed by atoms with Crippen molar-refractivity contribution in [2.24, 2.45) is 0 Å². The van der Waals surface area contributed by atoms with Crippen molar-refractivity contribution in [3.8, 4) is 33.8 Å². The minimum atomic E-state index is 0.0854. The quantitative estimate of drug-likeness (QED) is 0.189. The Morgan fingerprint density at radius 3 is 1.67 bits per heavy atom. The van der Waals surface area contributed by atoms with E-state index in [1.807, 2.05) is 24.3 Å². The molecule has 0 aliphatic heterocycles. The molecule has 6 aromatic rings. The molecule has 6 rings (SSSR count). The Bertz CT molecular complexity index is 1570. The van der Waals surface area contributed by atoms with Crippen LogP contribution in [0.3, 0.4) is 0 Å². The van der Waals surface area contributed by atoms with Gasteiger partial charge < -0.3 is 4.74 Å². The normalized spacial score (nSPS) is 11.0. The van der Waals surface area contributed by atoms with Gasteiger partial charge in [-0.25, -0.2) is 0 Å². The second-order valence-corrected chi connectivity index (χ2v) is 12.1. The fourth-order valence-electron chi connectivity index (χ4n) is 4.34. The van der Waals surface area contributed by atoms with E-state index in [1.54, 1.807) is 26.0 Å². The summed E-state index contributed by atoms with van der Waals surface area (Å²) in [5, 5.41) is 0.981. The second kappa shape index (κ2) is 11.4. The molecule has 2 aromatic heterocycles. The maximum atomic E-state index is 5.28. The van der Waals surface area contributed by atoms with Crippen LogP contribution in [0.4, 0.5) is 0 Å². The fraction of sp³-hybridized carbons (Fsp3) is 0.0606. The molecular weight excluding hydrogens is 567 g/mol. The van der Waals surface area contributed by atoms with Crippen LogP contribution in [0.1, 0.15) is 0 Å². The summed E-state index contributed by atoms with van der Waals surface area (Å²) in [7, 11) is 3.38. The number of pyridine rings is 1. The van der Waals surface area contributed by atoms with Gasteiger partial charge in [-0.3, -0.25) is 0 Å². The topological polar surface area (TPSA) is 35.8 Å². The summed E-state index contributed by atoms with van der Waals surface area (Å²) < 4.78 is 15.2. The van der Waals surface area contributed by atoms with Crippen LogP contribution in [0, 0.1) is 0 Å². The summed E-state index contributed by atoms with van der Waals surface area (Å²) in [5.74, 6) is 1.73. The van der Waals surface area contributed by atoms with Gasteiger partial charge in [0.15, 0.2) is 0 Å². The molecule has 0 aliphatic rings. The van der Waals surface area contributed by atoms with Crippen LogP contribution in [-0.4, -0.2) is 38.6 Å². The van der Waals surface area contributed by atoms with Gasteiger partial charge in [-0.2, -0.15) is 0 Å². The number of imidazole rings is 1. The first-order chi connectivity index (χ1) is 19.2. The Kier molecular flexibility index (Phi) is 7.42. The number of fused-ring (bicyclic) bond motifs is 1. The number of hydrogen-bond acceptors (Lipinski definition) is 4. The van der Waals surface area contributed by atoms with E-state index in [4.69, 9.17) is 14.5 Å². The van der Waals surface area contributed by atoms with Crippen molar-refractivity contribution in [1.29, 1.82) is 0 Å². The number of aromatic nitrogens is 2. The van der Waals surface area contributed by atoms with E-state index in [1.165, 1.54) is 26.7 Å². The van der Waals surface area contributed by atoms with Gasteiger partial charge in [0.05, 0.1) is 7.11 Å². The van der Waals surface area contributed by atoms with Crippen LogP contribution in [-0.2, 0) is 0 Å². The van der Waals surface area contributed by atoms with E-state index < -0.39 is 0 Å². The third-order valence-corrected chi connectivity index (χ3v) is 9.54. The SMILES string of the molecule is COc1ccc(-c2ccc(Sc3nc([Se]c4ccc(-c5ccc(OC)cc5)cc4)c4ccccn34)cc2)cc1. The first-order valence-electron chi connectivity index (χ1n) is 12.5. The Hall–Kier alpha value is -3.96. The third kappa shape index (κ3) is 5.59. The van der Waals surface area contributed by atoms with Crippen LogP contribution in [0.25, 0.3) is 27.8 Å². The van der Waals surface area contributed by atoms with E-state index in [-0.39, 0.29) is 15.0 Å². The Balaban J connectivity index is 1.21. The van der Waals surface area contributed by atoms with Crippen molar-refractivity contribution in [2.75, 3.05) is 14.2 Å². The molecule has 6 heteroatoms. The van der Waals surface area contributed by atoms with E-state index >= 15 is 0 Å². The molecule has 0 radical (unpaired) electrons. The first kappa shape index (κ1) is 25.3. The number of hydrogen-bond donors (Lipinski definition) is 0. The molecular formula is C33H26N2O2SSe. The summed E-state index contributed by atoms with van der Waals surface area (Å²) in [6, 6.07) is 40.1. The predicted octanol–water partition coefficient (Wildman–Crippen LogP) is 6.49. The predicted molar refractivity (Wildman–Crippen MR) is 161 cm³/mol. The van der Waals surface area contributed by atoms with Gasteiger partial charge in [0.2, 0.25) is 0 Å². The average Bonchev–Trinajstić information content (AvgIpc) is 3.34. The zero-order chi connectivity index (χ0) is 26.6. The molecule has 0 aliphatic carbocycles. The zero-order valence-corrected chi connectivity index (χ0v) is 24.1. The number of rotatable bonds is 8. The van der Waals surface area contributed by atoms with Gasteiger partial charge in [-0.15, -0.1) is 0 Å². The molecule has 39 heavy (non-hydrogen) atoms. The monoisotopic (exact) mass is 594 g/mol. The van der Waals surface area contributed by atoms with Crippen LogP contribution in [0.5, 0.6) is 11.5 Å². The summed E-state index contributed by atoms with van der Waals surface area (Å²) in [4.78, 5) is 6.26. The molecule has 0 amide bonds. The molecule has 0 saturated heterocycles. The van der Waals surface area contributed by atoms with Crippen molar-refractivity contribution in [2.45, 2.75) is 10.1 Å². The fourth-order valence-corrected chi connectivity index (χ4v) is 7.24. The second-order valence-electron chi connectivity index (χ2n) is 8.87. The number of nitrogens with zero attached hydrogens (tertiary/aromatic N) is 2. The molecule has 192 valence electrons. The molecule has 0 atom stereocenters. The molecule has 0 N–H and O–H groups in total. The summed E-state index contributed by atoms with van der Waals surface area (Å²) in [5.41, 5.74) is 5.88. The van der Waals surface area contributed by atoms with Crippen molar-refractivity contribution < 1.29 is 9.47 Å². The first-order valence-corrected chi connectivity index (χ1v) is 15.0. The van der Waals surface area contributed by atoms with Crippen LogP contribution in [0.15, 0.2) is 132 Å². The van der Waals surface area contributed by atoms with Crippen molar-refractivity contribution >= 4 is 41.3 Å². The number of benzene rings is 4. The molecule has 4 aromatic carbocycles. The minimum absolute atomic E-state index is 0.0854. The van der Waals surface area contributed by atoms with Crippen LogP contribution < -0.4 is 18.5 Å². The van der Waals surface area contributed by atoms with E-state index in [0.29, 0.717) is 0 Å². The van der Waals surface area contributed by atoms with Gasteiger partial charge in [0.25, 0.3) is 0 Å². The molecule has 0 bridgehead atoms. The van der Waals surface area contributed by atoms with Crippen molar-refractivity contribution in [3.63, 3.8) is 0 Å². The van der Waals surface area contributed by atoms with Gasteiger partial charge in [0, 0.05) is 0 Å². The molecule has 2 heterocycles. The zero-order valence-electron chi connectivity index (χ0n) is 21.6. The van der Waals surface area contributed by atoms with Crippen LogP contribution >= 0.6 is 11.8 Å². The molecule has 0 spiro atoms. The maximum absolute atomic E-state index is 5.28. The summed E-state index contributed by atoms with van der Waals surface area (Å²) >= 11 is 1.78. The standard InChI is InChI=1S/C33H26N2O2SSe/c1-36-27-14-6-23(7-15-27)25-10-18-29(19-11-25)38-33-34-32(31-5-3-4-22-35(31)33)39-30-20-12-26(13-21-30)24-8-16-28(37-2)17-9-24/h3-22H,1-2H3. The Morgan fingerprint density at radius 2 is 1.13 bits per heavy atom. The summed E-state index contributed by atoms with van der Waals surface area (Å²) in [6.45, 7) is 0. The van der Waals surface area contributed by atoms with Crippen molar-refractivity contribution in [3.05, 3.63) is 121 Å². The molecule has 0 fully saturated rings. The molecule has 4 nitrogen and oxygen atoms in total. The third-order valence-electron chi connectivity index (χ3n) is 6.46. The number of methoxy groups -OCH3 is 2. The van der Waals surface area contributed by atoms with Crippen LogP contribution in [0.2, 0.25) is 0 Å². The summed E-state index contributed by atoms with van der Waals surface area (Å²) in [6.07, 6.45) is 2.10. The van der Waals surface area contributed by atoms with E-state index in [0.717, 1.165) is 31.7 Å². The average molecular weight is 594 g/mol. The van der Waals surface area contributed by atoms with Crippen molar-refractivity contribution in [1.82, 2.24) is 9.38 Å². The Morgan fingerprint density at radius 1 is 0.615 bits per heavy atom. The Labute approximate surface area is 238 Å². The molecule has 0 unspecified atom stereocenters. The van der Waals surface area contributed by atoms with E-state index in [2.05, 4.69) is 102 Å². The van der Waals surface area contributed by atoms with Gasteiger partial charge in [-0.05, 0) is 0 Å².